The highest BCUT2D eigenvalue weighted by molar-refractivity contribution is 7.98. The van der Waals surface area contributed by atoms with Gasteiger partial charge < -0.3 is 21.1 Å². The number of carbonyl (C=O) groups is 2. The van der Waals surface area contributed by atoms with Crippen LogP contribution < -0.4 is 11.3 Å². The number of hydrogen-bond acceptors (Lipinski definition) is 8. The van der Waals surface area contributed by atoms with Crippen molar-refractivity contribution in [3.63, 3.8) is 0 Å². The monoisotopic (exact) mass is 561 g/mol. The molecule has 0 aliphatic heterocycles. The third-order valence-electron chi connectivity index (χ3n) is 6.19. The van der Waals surface area contributed by atoms with Gasteiger partial charge in [0.05, 0.1) is 16.9 Å². The molecule has 206 valence electrons. The van der Waals surface area contributed by atoms with Crippen LogP contribution in [0.15, 0.2) is 75.7 Å². The van der Waals surface area contributed by atoms with Gasteiger partial charge in [0.2, 0.25) is 0 Å². The summed E-state index contributed by atoms with van der Waals surface area (Å²) in [6.07, 6.45) is 0. The van der Waals surface area contributed by atoms with E-state index in [-0.39, 0.29) is 28.4 Å². The highest BCUT2D eigenvalue weighted by Gasteiger charge is 2.16. The van der Waals surface area contributed by atoms with E-state index in [1.807, 2.05) is 19.1 Å². The van der Waals surface area contributed by atoms with E-state index in [1.54, 1.807) is 37.3 Å². The molecule has 0 fully saturated rings. The van der Waals surface area contributed by atoms with Gasteiger partial charge in [-0.1, -0.05) is 30.3 Å². The zero-order valence-corrected chi connectivity index (χ0v) is 22.5. The third kappa shape index (κ3) is 6.14. The van der Waals surface area contributed by atoms with Crippen molar-refractivity contribution >= 4 is 35.1 Å². The maximum Gasteiger partial charge on any atom is 0.335 e. The summed E-state index contributed by atoms with van der Waals surface area (Å²) in [6.45, 7) is 3.59. The number of nitrogens with one attached hydrogen (secondary N) is 1. The molecule has 1 heterocycles. The highest BCUT2D eigenvalue weighted by atomic mass is 32.2. The minimum absolute atomic E-state index is 0.0672. The summed E-state index contributed by atoms with van der Waals surface area (Å²) in [4.78, 5) is 35.4. The van der Waals surface area contributed by atoms with E-state index in [1.165, 1.54) is 34.6 Å². The van der Waals surface area contributed by atoms with Gasteiger partial charge in [0.15, 0.2) is 11.4 Å². The van der Waals surface area contributed by atoms with Gasteiger partial charge >= 0.3 is 11.9 Å². The number of rotatable bonds is 10. The molecule has 0 unspecified atom stereocenters. The molecule has 1 aromatic heterocycles. The van der Waals surface area contributed by atoms with Gasteiger partial charge in [-0.2, -0.15) is 11.8 Å². The van der Waals surface area contributed by atoms with Crippen LogP contribution in [0.4, 0.5) is 11.4 Å². The Morgan fingerprint density at radius 3 is 2.50 bits per heavy atom. The van der Waals surface area contributed by atoms with Crippen molar-refractivity contribution < 1.29 is 24.9 Å². The number of H-pyrrole nitrogens is 1. The lowest BCUT2D eigenvalue weighted by molar-refractivity contribution is -0.137. The molecular weight excluding hydrogens is 534 g/mol. The number of phenolic OH excluding ortho intramolecular Hbond substituents is 1. The molecule has 0 aliphatic carbocycles. The van der Waals surface area contributed by atoms with Gasteiger partial charge in [-0.25, -0.2) is 9.48 Å². The standard InChI is InChI=1S/C28H27N5O6S/c1-15-11-20(10-9-19(15)13-40-14-22(29)28(38)39)33-26(35)24(16(2)32-33)31-30-23-8-4-7-21(25(23)34)17-5-3-6-18(12-17)27(36)37/h3-12,22,32,34H,13-14,29H2,1-2H3,(H,36,37)(H,38,39)/t22-/m0/s1. The van der Waals surface area contributed by atoms with E-state index in [0.29, 0.717) is 28.3 Å². The fourth-order valence-corrected chi connectivity index (χ4v) is 5.01. The number of azo groups is 1. The number of thioether (sulfide) groups is 1. The third-order valence-corrected chi connectivity index (χ3v) is 7.30. The number of benzene rings is 3. The molecule has 40 heavy (non-hydrogen) atoms. The van der Waals surface area contributed by atoms with E-state index in [0.717, 1.165) is 11.1 Å². The molecule has 4 rings (SSSR count). The number of nitrogens with two attached hydrogens (primary N) is 1. The summed E-state index contributed by atoms with van der Waals surface area (Å²) in [6, 6.07) is 15.5. The number of aliphatic carboxylic acids is 1. The Labute approximate surface area is 233 Å². The van der Waals surface area contributed by atoms with Gasteiger partial charge in [0.25, 0.3) is 5.56 Å². The van der Waals surface area contributed by atoms with Crippen LogP contribution in [0.1, 0.15) is 27.2 Å². The SMILES string of the molecule is Cc1cc(-n2[nH]c(C)c(N=Nc3cccc(-c4cccc(C(=O)O)c4)c3O)c2=O)ccc1CSC[C@H](N)C(=O)O. The lowest BCUT2D eigenvalue weighted by Crippen LogP contribution is -2.32. The predicted octanol–water partition coefficient (Wildman–Crippen LogP) is 4.91. The normalized spacial score (nSPS) is 12.1. The number of carboxylic acids is 2. The Morgan fingerprint density at radius 1 is 1.05 bits per heavy atom. The number of carboxylic acid groups (broad SMARTS) is 2. The van der Waals surface area contributed by atoms with Crippen molar-refractivity contribution in [3.05, 3.63) is 93.4 Å². The van der Waals surface area contributed by atoms with E-state index in [9.17, 15) is 24.6 Å². The zero-order valence-electron chi connectivity index (χ0n) is 21.7. The Hall–Kier alpha value is -4.68. The highest BCUT2D eigenvalue weighted by Crippen LogP contribution is 2.38. The second kappa shape index (κ2) is 12.0. The molecule has 4 aromatic rings. The molecule has 0 radical (unpaired) electrons. The van der Waals surface area contributed by atoms with Gasteiger partial charge in [0, 0.05) is 17.1 Å². The Bertz CT molecular complexity index is 1680. The molecule has 0 saturated heterocycles. The molecule has 1 atom stereocenters. The van der Waals surface area contributed by atoms with E-state index < -0.39 is 23.5 Å². The van der Waals surface area contributed by atoms with Crippen molar-refractivity contribution in [2.24, 2.45) is 16.0 Å². The second-order valence-electron chi connectivity index (χ2n) is 9.06. The molecule has 0 amide bonds. The molecule has 0 aliphatic rings. The molecule has 6 N–H and O–H groups in total. The van der Waals surface area contributed by atoms with E-state index in [4.69, 9.17) is 10.8 Å². The molecular formula is C28H27N5O6S. The average Bonchev–Trinajstić information content (AvgIpc) is 3.21. The topological polar surface area (TPSA) is 183 Å². The van der Waals surface area contributed by atoms with Crippen molar-refractivity contribution in [1.29, 1.82) is 0 Å². The summed E-state index contributed by atoms with van der Waals surface area (Å²) >= 11 is 1.42. The van der Waals surface area contributed by atoms with Gasteiger partial charge in [-0.05, 0) is 60.9 Å². The molecule has 0 spiro atoms. The Kier molecular flexibility index (Phi) is 8.51. The number of aromatic nitrogens is 2. The first-order valence-electron chi connectivity index (χ1n) is 12.1. The van der Waals surface area contributed by atoms with Crippen LogP contribution in [0.5, 0.6) is 5.75 Å². The fourth-order valence-electron chi connectivity index (χ4n) is 3.95. The van der Waals surface area contributed by atoms with Crippen LogP contribution in [0, 0.1) is 13.8 Å². The minimum Gasteiger partial charge on any atom is -0.505 e. The maximum atomic E-state index is 13.2. The van der Waals surface area contributed by atoms with Crippen LogP contribution in [0.25, 0.3) is 16.8 Å². The maximum absolute atomic E-state index is 13.2. The number of nitrogens with zero attached hydrogens (tertiary/aromatic N) is 3. The van der Waals surface area contributed by atoms with Gasteiger partial charge in [-0.15, -0.1) is 10.2 Å². The lowest BCUT2D eigenvalue weighted by Gasteiger charge is -2.10. The van der Waals surface area contributed by atoms with Crippen LogP contribution in [-0.4, -0.2) is 48.8 Å². The number of aromatic amines is 1. The summed E-state index contributed by atoms with van der Waals surface area (Å²) in [5.41, 5.74) is 9.24. The molecule has 11 nitrogen and oxygen atoms in total. The number of aromatic carboxylic acids is 1. The summed E-state index contributed by atoms with van der Waals surface area (Å²) < 4.78 is 1.35. The predicted molar refractivity (Wildman–Crippen MR) is 152 cm³/mol. The second-order valence-corrected chi connectivity index (χ2v) is 10.1. The van der Waals surface area contributed by atoms with E-state index in [2.05, 4.69) is 15.3 Å². The van der Waals surface area contributed by atoms with Crippen LogP contribution in [-0.2, 0) is 10.5 Å². The van der Waals surface area contributed by atoms with E-state index >= 15 is 0 Å². The minimum atomic E-state index is -1.08. The first kappa shape index (κ1) is 28.3. The van der Waals surface area contributed by atoms with Crippen molar-refractivity contribution in [2.75, 3.05) is 5.75 Å². The van der Waals surface area contributed by atoms with Crippen molar-refractivity contribution in [1.82, 2.24) is 9.78 Å². The molecule has 0 saturated carbocycles. The number of phenols is 1. The molecule has 12 heteroatoms. The largest absolute Gasteiger partial charge is 0.505 e. The average molecular weight is 562 g/mol. The zero-order chi connectivity index (χ0) is 29.0. The summed E-state index contributed by atoms with van der Waals surface area (Å²) in [7, 11) is 0. The number of aromatic hydroxyl groups is 1. The van der Waals surface area contributed by atoms with Crippen LogP contribution in [0.3, 0.4) is 0 Å². The molecule has 3 aromatic carbocycles. The van der Waals surface area contributed by atoms with Crippen LogP contribution in [0.2, 0.25) is 0 Å². The number of para-hydroxylation sites is 1. The lowest BCUT2D eigenvalue weighted by atomic mass is 10.0. The quantitative estimate of drug-likeness (QED) is 0.169. The smallest absolute Gasteiger partial charge is 0.335 e. The van der Waals surface area contributed by atoms with Crippen molar-refractivity contribution in [2.45, 2.75) is 25.6 Å². The van der Waals surface area contributed by atoms with Crippen LogP contribution >= 0.6 is 11.8 Å². The molecule has 0 bridgehead atoms. The Morgan fingerprint density at radius 2 is 1.80 bits per heavy atom. The fraction of sp³-hybridized carbons (Fsp3) is 0.179. The first-order valence-corrected chi connectivity index (χ1v) is 13.3. The first-order chi connectivity index (χ1) is 19.1. The number of aryl methyl sites for hydroxylation is 2. The Balaban J connectivity index is 1.57. The summed E-state index contributed by atoms with van der Waals surface area (Å²) in [5.74, 6) is -1.46. The van der Waals surface area contributed by atoms with Gasteiger partial charge in [0.1, 0.15) is 11.7 Å². The number of hydrogen-bond donors (Lipinski definition) is 5. The van der Waals surface area contributed by atoms with Gasteiger partial charge in [-0.3, -0.25) is 14.7 Å². The van der Waals surface area contributed by atoms with Crippen molar-refractivity contribution in [3.8, 4) is 22.6 Å². The summed E-state index contributed by atoms with van der Waals surface area (Å²) in [5, 5.41) is 40.2.